The van der Waals surface area contributed by atoms with E-state index in [2.05, 4.69) is 0 Å². The number of thiophene rings is 1. The van der Waals surface area contributed by atoms with Crippen LogP contribution in [0.4, 0.5) is 0 Å². The quantitative estimate of drug-likeness (QED) is 0.752. The van der Waals surface area contributed by atoms with Crippen LogP contribution in [-0.4, -0.2) is 12.9 Å². The third-order valence-corrected chi connectivity index (χ3v) is 5.06. The van der Waals surface area contributed by atoms with Gasteiger partial charge in [0.25, 0.3) is 0 Å². The van der Waals surface area contributed by atoms with E-state index >= 15 is 0 Å². The molecular weight excluding hydrogens is 220 g/mol. The van der Waals surface area contributed by atoms with Gasteiger partial charge < -0.3 is 4.74 Å². The third-order valence-electron chi connectivity index (χ3n) is 4.15. The molecule has 1 aromatic rings. The zero-order valence-corrected chi connectivity index (χ0v) is 10.3. The molecule has 0 amide bonds. The summed E-state index contributed by atoms with van der Waals surface area (Å²) in [5.74, 6) is 2.86. The maximum atomic E-state index is 12.4. The first-order valence-electron chi connectivity index (χ1n) is 5.95. The van der Waals surface area contributed by atoms with Crippen LogP contribution in [0.15, 0.2) is 11.4 Å². The van der Waals surface area contributed by atoms with Gasteiger partial charge in [0, 0.05) is 5.92 Å². The van der Waals surface area contributed by atoms with E-state index in [1.54, 1.807) is 7.11 Å². The van der Waals surface area contributed by atoms with Gasteiger partial charge in [0.2, 0.25) is 0 Å². The van der Waals surface area contributed by atoms with E-state index in [1.165, 1.54) is 30.6 Å². The number of rotatable bonds is 3. The van der Waals surface area contributed by atoms with Crippen LogP contribution in [0.25, 0.3) is 0 Å². The molecule has 3 rings (SSSR count). The first-order valence-corrected chi connectivity index (χ1v) is 6.83. The highest BCUT2D eigenvalue weighted by molar-refractivity contribution is 7.12. The Hall–Kier alpha value is -0.830. The molecular formula is C13H16O2S. The average molecular weight is 236 g/mol. The molecule has 0 aliphatic heterocycles. The second-order valence-corrected chi connectivity index (χ2v) is 5.88. The van der Waals surface area contributed by atoms with Crippen molar-refractivity contribution in [3.05, 3.63) is 16.3 Å². The van der Waals surface area contributed by atoms with Crippen molar-refractivity contribution in [2.24, 2.45) is 17.8 Å². The Morgan fingerprint density at radius 3 is 2.94 bits per heavy atom. The van der Waals surface area contributed by atoms with Gasteiger partial charge in [-0.1, -0.05) is 6.42 Å². The summed E-state index contributed by atoms with van der Waals surface area (Å²) < 4.78 is 5.24. The lowest BCUT2D eigenvalue weighted by atomic mass is 9.85. The van der Waals surface area contributed by atoms with Crippen molar-refractivity contribution in [2.75, 3.05) is 7.11 Å². The van der Waals surface area contributed by atoms with Gasteiger partial charge >= 0.3 is 0 Å². The highest BCUT2D eigenvalue weighted by atomic mass is 32.1. The molecule has 0 saturated heterocycles. The molecule has 2 saturated carbocycles. The first kappa shape index (κ1) is 10.3. The van der Waals surface area contributed by atoms with Crippen molar-refractivity contribution in [1.82, 2.24) is 0 Å². The number of carbonyl (C=O) groups is 1. The van der Waals surface area contributed by atoms with Crippen LogP contribution in [-0.2, 0) is 0 Å². The second-order valence-electron chi connectivity index (χ2n) is 4.96. The summed E-state index contributed by atoms with van der Waals surface area (Å²) in [4.78, 5) is 13.2. The van der Waals surface area contributed by atoms with E-state index < -0.39 is 0 Å². The Labute approximate surface area is 99.6 Å². The number of methoxy groups -OCH3 is 1. The fraction of sp³-hybridized carbons (Fsp3) is 0.615. The minimum absolute atomic E-state index is 0.284. The molecule has 1 heterocycles. The summed E-state index contributed by atoms with van der Waals surface area (Å²) in [6.45, 7) is 0. The molecule has 2 aliphatic carbocycles. The molecule has 0 N–H and O–H groups in total. The van der Waals surface area contributed by atoms with Gasteiger partial charge in [-0.05, 0) is 42.5 Å². The van der Waals surface area contributed by atoms with Gasteiger partial charge in [-0.2, -0.15) is 0 Å². The molecule has 0 spiro atoms. The topological polar surface area (TPSA) is 26.3 Å². The van der Waals surface area contributed by atoms with Crippen LogP contribution < -0.4 is 4.74 Å². The predicted octanol–water partition coefficient (Wildman–Crippen LogP) is 3.38. The molecule has 2 fully saturated rings. The normalized spacial score (nSPS) is 31.9. The zero-order chi connectivity index (χ0) is 11.1. The molecule has 0 aromatic carbocycles. The number of ether oxygens (including phenoxy) is 1. The Kier molecular flexibility index (Phi) is 2.51. The minimum Gasteiger partial charge on any atom is -0.495 e. The SMILES string of the molecule is COc1ccsc1C(=O)C1CC2CCC1C2. The van der Waals surface area contributed by atoms with E-state index in [0.29, 0.717) is 11.7 Å². The minimum atomic E-state index is 0.284. The molecule has 3 atom stereocenters. The lowest BCUT2D eigenvalue weighted by molar-refractivity contribution is 0.0876. The largest absolute Gasteiger partial charge is 0.495 e. The van der Waals surface area contributed by atoms with Crippen LogP contribution in [0.2, 0.25) is 0 Å². The van der Waals surface area contributed by atoms with Gasteiger partial charge in [0.05, 0.1) is 7.11 Å². The lowest BCUT2D eigenvalue weighted by Gasteiger charge is -2.19. The number of fused-ring (bicyclic) bond motifs is 2. The molecule has 3 unspecified atom stereocenters. The van der Waals surface area contributed by atoms with Gasteiger partial charge in [0.15, 0.2) is 5.78 Å². The standard InChI is InChI=1S/C13H16O2S/c1-15-11-4-5-16-13(11)12(14)10-7-8-2-3-9(10)6-8/h4-5,8-10H,2-3,6-7H2,1H3. The van der Waals surface area contributed by atoms with E-state index in [4.69, 9.17) is 4.74 Å². The summed E-state index contributed by atoms with van der Waals surface area (Å²) in [7, 11) is 1.64. The van der Waals surface area contributed by atoms with Crippen LogP contribution >= 0.6 is 11.3 Å². The van der Waals surface area contributed by atoms with Crippen LogP contribution in [0.5, 0.6) is 5.75 Å². The molecule has 1 aromatic heterocycles. The number of ketones is 1. The number of hydrogen-bond donors (Lipinski definition) is 0. The van der Waals surface area contributed by atoms with Gasteiger partial charge in [-0.15, -0.1) is 11.3 Å². The molecule has 2 nitrogen and oxygen atoms in total. The van der Waals surface area contributed by atoms with Gasteiger partial charge in [-0.3, -0.25) is 4.79 Å². The number of hydrogen-bond acceptors (Lipinski definition) is 3. The van der Waals surface area contributed by atoms with Crippen molar-refractivity contribution < 1.29 is 9.53 Å². The molecule has 2 aliphatic rings. The van der Waals surface area contributed by atoms with Crippen molar-refractivity contribution in [3.8, 4) is 5.75 Å². The lowest BCUT2D eigenvalue weighted by Crippen LogP contribution is -2.20. The number of carbonyl (C=O) groups excluding carboxylic acids is 1. The van der Waals surface area contributed by atoms with Crippen molar-refractivity contribution in [2.45, 2.75) is 25.7 Å². The number of Topliss-reactive ketones (excluding diaryl/α,β-unsaturated/α-hetero) is 1. The van der Waals surface area contributed by atoms with E-state index in [1.807, 2.05) is 11.4 Å². The molecule has 86 valence electrons. The monoisotopic (exact) mass is 236 g/mol. The second kappa shape index (κ2) is 3.88. The van der Waals surface area contributed by atoms with Crippen LogP contribution in [0.3, 0.4) is 0 Å². The average Bonchev–Trinajstić information content (AvgIpc) is 3.02. The van der Waals surface area contributed by atoms with Crippen LogP contribution in [0, 0.1) is 17.8 Å². The zero-order valence-electron chi connectivity index (χ0n) is 9.44. The Morgan fingerprint density at radius 1 is 1.44 bits per heavy atom. The molecule has 3 heteroatoms. The van der Waals surface area contributed by atoms with Crippen LogP contribution in [0.1, 0.15) is 35.4 Å². The highest BCUT2D eigenvalue weighted by Crippen LogP contribution is 2.50. The van der Waals surface area contributed by atoms with Crippen molar-refractivity contribution >= 4 is 17.1 Å². The predicted molar refractivity (Wildman–Crippen MR) is 64.1 cm³/mol. The van der Waals surface area contributed by atoms with Gasteiger partial charge in [0.1, 0.15) is 10.6 Å². The Morgan fingerprint density at radius 2 is 2.31 bits per heavy atom. The maximum Gasteiger partial charge on any atom is 0.179 e. The smallest absolute Gasteiger partial charge is 0.179 e. The highest BCUT2D eigenvalue weighted by Gasteiger charge is 2.43. The van der Waals surface area contributed by atoms with Gasteiger partial charge in [-0.25, -0.2) is 0 Å². The van der Waals surface area contributed by atoms with Crippen molar-refractivity contribution in [3.63, 3.8) is 0 Å². The van der Waals surface area contributed by atoms with Crippen molar-refractivity contribution in [1.29, 1.82) is 0 Å². The van der Waals surface area contributed by atoms with E-state index in [9.17, 15) is 4.79 Å². The summed E-state index contributed by atoms with van der Waals surface area (Å²) in [6, 6.07) is 1.89. The summed E-state index contributed by atoms with van der Waals surface area (Å²) in [6.07, 6.45) is 5.00. The first-order chi connectivity index (χ1) is 7.79. The summed E-state index contributed by atoms with van der Waals surface area (Å²) in [5, 5.41) is 1.94. The fourth-order valence-electron chi connectivity index (χ4n) is 3.37. The fourth-order valence-corrected chi connectivity index (χ4v) is 4.23. The van der Waals surface area contributed by atoms with E-state index in [0.717, 1.165) is 23.0 Å². The molecule has 16 heavy (non-hydrogen) atoms. The Balaban J connectivity index is 1.83. The molecule has 2 bridgehead atoms. The third kappa shape index (κ3) is 1.49. The Bertz CT molecular complexity index is 410. The molecule has 0 radical (unpaired) electrons. The summed E-state index contributed by atoms with van der Waals surface area (Å²) >= 11 is 1.52. The maximum absolute atomic E-state index is 12.4. The summed E-state index contributed by atoms with van der Waals surface area (Å²) in [5.41, 5.74) is 0. The van der Waals surface area contributed by atoms with E-state index in [-0.39, 0.29) is 5.92 Å².